The van der Waals surface area contributed by atoms with Gasteiger partial charge in [0.1, 0.15) is 12.4 Å². The van der Waals surface area contributed by atoms with Crippen LogP contribution < -0.4 is 4.74 Å². The number of hydrogen-bond acceptors (Lipinski definition) is 4. The number of halogens is 2. The van der Waals surface area contributed by atoms with Crippen LogP contribution in [0.15, 0.2) is 21.1 Å². The largest absolute Gasteiger partial charge is 0.489 e. The fraction of sp³-hybridized carbons (Fsp3) is 0.500. The Morgan fingerprint density at radius 3 is 2.22 bits per heavy atom. The second kappa shape index (κ2) is 8.87. The summed E-state index contributed by atoms with van der Waals surface area (Å²) in [5, 5.41) is 9.06. The van der Waals surface area contributed by atoms with Crippen LogP contribution in [0.5, 0.6) is 5.75 Å². The summed E-state index contributed by atoms with van der Waals surface area (Å²) in [6, 6.07) is 3.65. The molecule has 102 valence electrons. The zero-order valence-electron chi connectivity index (χ0n) is 10.1. The van der Waals surface area contributed by atoms with E-state index >= 15 is 0 Å². The van der Waals surface area contributed by atoms with Crippen LogP contribution in [-0.2, 0) is 16.1 Å². The first kappa shape index (κ1) is 15.9. The van der Waals surface area contributed by atoms with Gasteiger partial charge < -0.3 is 19.3 Å². The van der Waals surface area contributed by atoms with E-state index in [0.717, 1.165) is 14.5 Å². The number of aliphatic hydroxyl groups is 1. The summed E-state index contributed by atoms with van der Waals surface area (Å²) in [5.74, 6) is 0.711. The zero-order chi connectivity index (χ0) is 13.4. The number of ether oxygens (including phenoxy) is 3. The van der Waals surface area contributed by atoms with Gasteiger partial charge in [0.05, 0.1) is 35.4 Å². The molecule has 1 aromatic rings. The Morgan fingerprint density at radius 1 is 1.06 bits per heavy atom. The van der Waals surface area contributed by atoms with Gasteiger partial charge in [-0.1, -0.05) is 0 Å². The summed E-state index contributed by atoms with van der Waals surface area (Å²) < 4.78 is 17.4. The van der Waals surface area contributed by atoms with Gasteiger partial charge in [-0.2, -0.15) is 0 Å². The number of hydrogen-bond donors (Lipinski definition) is 1. The monoisotopic (exact) mass is 382 g/mol. The zero-order valence-corrected chi connectivity index (χ0v) is 13.3. The molecule has 18 heavy (non-hydrogen) atoms. The van der Waals surface area contributed by atoms with Crippen LogP contribution in [0, 0.1) is 0 Å². The van der Waals surface area contributed by atoms with Crippen LogP contribution in [0.1, 0.15) is 5.56 Å². The molecule has 1 N–H and O–H groups in total. The van der Waals surface area contributed by atoms with E-state index in [1.54, 1.807) is 7.11 Å². The van der Waals surface area contributed by atoms with Crippen LogP contribution in [-0.4, -0.2) is 38.6 Å². The average Bonchev–Trinajstić information content (AvgIpc) is 2.35. The Balaban J connectivity index is 2.42. The highest BCUT2D eigenvalue weighted by Gasteiger charge is 2.08. The lowest BCUT2D eigenvalue weighted by atomic mass is 10.2. The fourth-order valence-electron chi connectivity index (χ4n) is 1.29. The van der Waals surface area contributed by atoms with Crippen LogP contribution in [0.4, 0.5) is 0 Å². The Morgan fingerprint density at radius 2 is 1.67 bits per heavy atom. The molecule has 6 heteroatoms. The minimum Gasteiger partial charge on any atom is -0.489 e. The molecule has 0 atom stereocenters. The molecular weight excluding hydrogens is 368 g/mol. The summed E-state index contributed by atoms with van der Waals surface area (Å²) in [5.41, 5.74) is 0.817. The molecule has 0 unspecified atom stereocenters. The van der Waals surface area contributed by atoms with Gasteiger partial charge in [0.25, 0.3) is 0 Å². The van der Waals surface area contributed by atoms with Gasteiger partial charge in [-0.15, -0.1) is 0 Å². The van der Waals surface area contributed by atoms with Crippen LogP contribution >= 0.6 is 31.9 Å². The molecule has 0 aliphatic heterocycles. The van der Waals surface area contributed by atoms with E-state index in [4.69, 9.17) is 19.3 Å². The second-order valence-electron chi connectivity index (χ2n) is 3.50. The molecule has 0 saturated heterocycles. The summed E-state index contributed by atoms with van der Waals surface area (Å²) in [6.45, 7) is 2.10. The van der Waals surface area contributed by atoms with E-state index in [1.165, 1.54) is 0 Å². The van der Waals surface area contributed by atoms with Crippen LogP contribution in [0.3, 0.4) is 0 Å². The molecule has 4 nitrogen and oxygen atoms in total. The third-order valence-electron chi connectivity index (χ3n) is 2.15. The number of rotatable bonds is 8. The van der Waals surface area contributed by atoms with Crippen molar-refractivity contribution in [2.45, 2.75) is 6.61 Å². The van der Waals surface area contributed by atoms with Gasteiger partial charge in [-0.05, 0) is 49.6 Å². The molecule has 0 aliphatic rings. The van der Waals surface area contributed by atoms with E-state index in [9.17, 15) is 0 Å². The Kier molecular flexibility index (Phi) is 7.85. The van der Waals surface area contributed by atoms with Gasteiger partial charge in [0.15, 0.2) is 0 Å². The third kappa shape index (κ3) is 5.24. The van der Waals surface area contributed by atoms with Crippen LogP contribution in [0.2, 0.25) is 0 Å². The first-order valence-electron chi connectivity index (χ1n) is 5.47. The highest BCUT2D eigenvalue weighted by Crippen LogP contribution is 2.34. The third-order valence-corrected chi connectivity index (χ3v) is 3.32. The maximum Gasteiger partial charge on any atom is 0.147 e. The first-order chi connectivity index (χ1) is 8.69. The minimum atomic E-state index is -0.00237. The second-order valence-corrected chi connectivity index (χ2v) is 5.21. The summed E-state index contributed by atoms with van der Waals surface area (Å²) in [6.07, 6.45) is 0. The van der Waals surface area contributed by atoms with Crippen molar-refractivity contribution >= 4 is 31.9 Å². The first-order valence-corrected chi connectivity index (χ1v) is 7.06. The van der Waals surface area contributed by atoms with Gasteiger partial charge in [-0.3, -0.25) is 0 Å². The molecule has 0 aromatic heterocycles. The molecule has 0 saturated carbocycles. The van der Waals surface area contributed by atoms with Crippen molar-refractivity contribution < 1.29 is 19.3 Å². The van der Waals surface area contributed by atoms with Crippen molar-refractivity contribution in [2.24, 2.45) is 0 Å². The van der Waals surface area contributed by atoms with Crippen molar-refractivity contribution in [2.75, 3.05) is 33.5 Å². The standard InChI is InChI=1S/C12H16Br2O4/c1-16-2-3-17-4-5-18-12-10(13)6-9(8-15)7-11(12)14/h6-7,15H,2-5,8H2,1H3. The lowest BCUT2D eigenvalue weighted by molar-refractivity contribution is 0.0542. The van der Waals surface area contributed by atoms with E-state index in [1.807, 2.05) is 12.1 Å². The molecule has 0 radical (unpaired) electrons. The summed E-state index contributed by atoms with van der Waals surface area (Å²) in [7, 11) is 1.64. The van der Waals surface area contributed by atoms with Crippen molar-refractivity contribution in [1.29, 1.82) is 0 Å². The van der Waals surface area contributed by atoms with Gasteiger partial charge >= 0.3 is 0 Å². The lowest BCUT2D eigenvalue weighted by Gasteiger charge is -2.11. The molecule has 1 aromatic carbocycles. The molecule has 0 aliphatic carbocycles. The van der Waals surface area contributed by atoms with E-state index < -0.39 is 0 Å². The van der Waals surface area contributed by atoms with Crippen molar-refractivity contribution in [3.05, 3.63) is 26.6 Å². The molecule has 0 heterocycles. The highest BCUT2D eigenvalue weighted by molar-refractivity contribution is 9.11. The summed E-state index contributed by atoms with van der Waals surface area (Å²) in [4.78, 5) is 0. The number of aliphatic hydroxyl groups excluding tert-OH is 1. The summed E-state index contributed by atoms with van der Waals surface area (Å²) >= 11 is 6.81. The predicted molar refractivity (Wildman–Crippen MR) is 76.0 cm³/mol. The lowest BCUT2D eigenvalue weighted by Crippen LogP contribution is -2.10. The smallest absolute Gasteiger partial charge is 0.147 e. The Hall–Kier alpha value is -0.140. The number of methoxy groups -OCH3 is 1. The predicted octanol–water partition coefficient (Wildman–Crippen LogP) is 2.75. The van der Waals surface area contributed by atoms with E-state index in [-0.39, 0.29) is 6.61 Å². The SMILES string of the molecule is COCCOCCOc1c(Br)cc(CO)cc1Br. The van der Waals surface area contributed by atoms with Gasteiger partial charge in [-0.25, -0.2) is 0 Å². The maximum absolute atomic E-state index is 9.06. The average molecular weight is 384 g/mol. The van der Waals surface area contributed by atoms with Crippen molar-refractivity contribution in [3.8, 4) is 5.75 Å². The molecule has 0 amide bonds. The topological polar surface area (TPSA) is 47.9 Å². The van der Waals surface area contributed by atoms with E-state index in [2.05, 4.69) is 31.9 Å². The van der Waals surface area contributed by atoms with Crippen LogP contribution in [0.25, 0.3) is 0 Å². The molecule has 0 fully saturated rings. The molecule has 0 bridgehead atoms. The Labute approximate surface area is 123 Å². The van der Waals surface area contributed by atoms with Crippen molar-refractivity contribution in [3.63, 3.8) is 0 Å². The maximum atomic E-state index is 9.06. The molecule has 0 spiro atoms. The van der Waals surface area contributed by atoms with Gasteiger partial charge in [0.2, 0.25) is 0 Å². The molecular formula is C12H16Br2O4. The minimum absolute atomic E-state index is 0.00237. The fourth-order valence-corrected chi connectivity index (χ4v) is 2.80. The van der Waals surface area contributed by atoms with E-state index in [0.29, 0.717) is 32.2 Å². The highest BCUT2D eigenvalue weighted by atomic mass is 79.9. The molecule has 1 rings (SSSR count). The van der Waals surface area contributed by atoms with Gasteiger partial charge in [0, 0.05) is 7.11 Å². The normalized spacial score (nSPS) is 10.7. The Bertz CT molecular complexity index is 348. The van der Waals surface area contributed by atoms with Crippen molar-refractivity contribution in [1.82, 2.24) is 0 Å². The quantitative estimate of drug-likeness (QED) is 0.701. The number of benzene rings is 1.